The Morgan fingerprint density at radius 2 is 2.18 bits per heavy atom. The topological polar surface area (TPSA) is 37.0 Å². The highest BCUT2D eigenvalue weighted by Crippen LogP contribution is 2.35. The third-order valence-electron chi connectivity index (χ3n) is 2.99. The van der Waals surface area contributed by atoms with Crippen molar-refractivity contribution in [2.24, 2.45) is 0 Å². The molecule has 1 aromatic carbocycles. The van der Waals surface area contributed by atoms with Gasteiger partial charge in [-0.1, -0.05) is 18.5 Å². The van der Waals surface area contributed by atoms with Gasteiger partial charge in [0.25, 0.3) is 0 Å². The minimum atomic E-state index is 0.774. The molecular weight excluding hydrogens is 236 g/mol. The van der Waals surface area contributed by atoms with E-state index in [1.54, 1.807) is 7.11 Å². The summed E-state index contributed by atoms with van der Waals surface area (Å²) in [5.41, 5.74) is 3.43. The molecule has 0 unspecified atom stereocenters. The van der Waals surface area contributed by atoms with Crippen LogP contribution in [0.15, 0.2) is 12.1 Å². The van der Waals surface area contributed by atoms with Crippen LogP contribution in [0, 0.1) is 0 Å². The average Bonchev–Trinajstić information content (AvgIpc) is 2.69. The predicted octanol–water partition coefficient (Wildman–Crippen LogP) is 3.11. The molecule has 0 aliphatic heterocycles. The Balaban J connectivity index is 2.75. The van der Waals surface area contributed by atoms with Crippen LogP contribution in [0.25, 0.3) is 10.9 Å². The molecule has 1 aromatic heterocycles. The molecule has 0 fully saturated rings. The van der Waals surface area contributed by atoms with Crippen LogP contribution >= 0.6 is 11.6 Å². The molecule has 0 saturated heterocycles. The Morgan fingerprint density at radius 3 is 2.76 bits per heavy atom. The lowest BCUT2D eigenvalue weighted by atomic mass is 10.1. The van der Waals surface area contributed by atoms with Crippen LogP contribution in [-0.4, -0.2) is 19.1 Å². The maximum Gasteiger partial charge on any atom is 0.143 e. The van der Waals surface area contributed by atoms with Crippen molar-refractivity contribution < 1.29 is 4.74 Å². The first-order chi connectivity index (χ1) is 8.22. The van der Waals surface area contributed by atoms with Crippen LogP contribution in [0.5, 0.6) is 5.75 Å². The largest absolute Gasteiger partial charge is 0.495 e. The number of aryl methyl sites for hydroxylation is 1. The van der Waals surface area contributed by atoms with Gasteiger partial charge in [-0.2, -0.15) is 0 Å². The second-order valence-corrected chi connectivity index (χ2v) is 4.37. The minimum Gasteiger partial charge on any atom is -0.495 e. The minimum absolute atomic E-state index is 0.774. The van der Waals surface area contributed by atoms with E-state index in [1.807, 2.05) is 19.2 Å². The molecule has 0 saturated carbocycles. The Hall–Kier alpha value is -1.19. The molecule has 4 heteroatoms. The zero-order valence-corrected chi connectivity index (χ0v) is 11.1. The number of halogens is 1. The summed E-state index contributed by atoms with van der Waals surface area (Å²) in [7, 11) is 3.61. The monoisotopic (exact) mass is 252 g/mol. The summed E-state index contributed by atoms with van der Waals surface area (Å²) in [6.45, 7) is 2.94. The highest BCUT2D eigenvalue weighted by molar-refractivity contribution is 6.36. The fourth-order valence-electron chi connectivity index (χ4n) is 2.24. The highest BCUT2D eigenvalue weighted by Gasteiger charge is 2.15. The van der Waals surface area contributed by atoms with Gasteiger partial charge in [0.2, 0.25) is 0 Å². The van der Waals surface area contributed by atoms with E-state index in [0.29, 0.717) is 0 Å². The van der Waals surface area contributed by atoms with Gasteiger partial charge in [-0.25, -0.2) is 0 Å². The fraction of sp³-hybridized carbons (Fsp3) is 0.385. The quantitative estimate of drug-likeness (QED) is 0.877. The van der Waals surface area contributed by atoms with Gasteiger partial charge in [-0.3, -0.25) is 0 Å². The second kappa shape index (κ2) is 4.98. The van der Waals surface area contributed by atoms with Crippen molar-refractivity contribution >= 4 is 22.5 Å². The molecular formula is C13H17ClN2O. The molecule has 0 atom stereocenters. The molecule has 0 spiro atoms. The number of rotatable bonds is 4. The Morgan fingerprint density at radius 1 is 1.41 bits per heavy atom. The Kier molecular flexibility index (Phi) is 3.60. The maximum absolute atomic E-state index is 6.29. The van der Waals surface area contributed by atoms with E-state index in [4.69, 9.17) is 16.3 Å². The van der Waals surface area contributed by atoms with Crippen LogP contribution in [0.1, 0.15) is 18.2 Å². The van der Waals surface area contributed by atoms with Gasteiger partial charge in [0.15, 0.2) is 0 Å². The molecule has 2 rings (SSSR count). The van der Waals surface area contributed by atoms with Gasteiger partial charge in [0.05, 0.1) is 17.6 Å². The van der Waals surface area contributed by atoms with Crippen LogP contribution in [0.2, 0.25) is 5.02 Å². The van der Waals surface area contributed by atoms with Crippen LogP contribution < -0.4 is 10.1 Å². The fourth-order valence-corrected chi connectivity index (χ4v) is 2.51. The van der Waals surface area contributed by atoms with Crippen LogP contribution in [0.4, 0.5) is 0 Å². The number of H-pyrrole nitrogens is 1. The van der Waals surface area contributed by atoms with Crippen molar-refractivity contribution in [3.05, 3.63) is 28.4 Å². The summed E-state index contributed by atoms with van der Waals surface area (Å²) in [5.74, 6) is 0.835. The zero-order chi connectivity index (χ0) is 12.4. The van der Waals surface area contributed by atoms with Gasteiger partial charge in [0, 0.05) is 17.6 Å². The Bertz CT molecular complexity index is 534. The van der Waals surface area contributed by atoms with Gasteiger partial charge < -0.3 is 15.0 Å². The first-order valence-corrected chi connectivity index (χ1v) is 6.11. The number of hydrogen-bond donors (Lipinski definition) is 2. The lowest BCUT2D eigenvalue weighted by Crippen LogP contribution is -2.07. The summed E-state index contributed by atoms with van der Waals surface area (Å²) >= 11 is 6.29. The molecule has 2 aromatic rings. The second-order valence-electron chi connectivity index (χ2n) is 3.97. The van der Waals surface area contributed by atoms with Crippen molar-refractivity contribution in [3.8, 4) is 5.75 Å². The van der Waals surface area contributed by atoms with E-state index in [2.05, 4.69) is 17.2 Å². The number of methoxy groups -OCH3 is 1. The maximum atomic E-state index is 6.29. The molecule has 1 heterocycles. The normalized spacial score (nSPS) is 11.1. The van der Waals surface area contributed by atoms with Gasteiger partial charge in [-0.15, -0.1) is 0 Å². The van der Waals surface area contributed by atoms with Crippen LogP contribution in [0.3, 0.4) is 0 Å². The van der Waals surface area contributed by atoms with Crippen LogP contribution in [-0.2, 0) is 13.0 Å². The first kappa shape index (κ1) is 12.3. The lowest BCUT2D eigenvalue weighted by Gasteiger charge is -2.03. The summed E-state index contributed by atoms with van der Waals surface area (Å²) in [6, 6.07) is 3.78. The van der Waals surface area contributed by atoms with E-state index >= 15 is 0 Å². The molecule has 0 aliphatic rings. The molecule has 3 nitrogen and oxygen atoms in total. The number of nitrogens with one attached hydrogen (secondary N) is 2. The molecule has 0 bridgehead atoms. The summed E-state index contributed by atoms with van der Waals surface area (Å²) in [6.07, 6.45) is 0.948. The van der Waals surface area contributed by atoms with Gasteiger partial charge >= 0.3 is 0 Å². The SMILES string of the molecule is CCc1c(CNC)[nH]c2c(OC)ccc(Cl)c12. The van der Waals surface area contributed by atoms with Crippen molar-refractivity contribution in [3.63, 3.8) is 0 Å². The predicted molar refractivity (Wildman–Crippen MR) is 72.0 cm³/mol. The number of ether oxygens (including phenoxy) is 1. The zero-order valence-electron chi connectivity index (χ0n) is 10.4. The molecule has 17 heavy (non-hydrogen) atoms. The van der Waals surface area contributed by atoms with Crippen molar-refractivity contribution in [1.82, 2.24) is 10.3 Å². The molecule has 0 aliphatic carbocycles. The average molecular weight is 253 g/mol. The number of hydrogen-bond acceptors (Lipinski definition) is 2. The number of fused-ring (bicyclic) bond motifs is 1. The number of benzene rings is 1. The van der Waals surface area contributed by atoms with Crippen molar-refractivity contribution in [1.29, 1.82) is 0 Å². The third-order valence-corrected chi connectivity index (χ3v) is 3.30. The summed E-state index contributed by atoms with van der Waals surface area (Å²) in [5, 5.41) is 5.02. The van der Waals surface area contributed by atoms with Gasteiger partial charge in [0.1, 0.15) is 5.75 Å². The summed E-state index contributed by atoms with van der Waals surface area (Å²) < 4.78 is 5.36. The van der Waals surface area contributed by atoms with E-state index in [1.165, 1.54) is 11.3 Å². The third kappa shape index (κ3) is 2.01. The van der Waals surface area contributed by atoms with Gasteiger partial charge in [-0.05, 0) is 31.2 Å². The Labute approximate surface area is 106 Å². The summed E-state index contributed by atoms with van der Waals surface area (Å²) in [4.78, 5) is 3.40. The first-order valence-electron chi connectivity index (χ1n) is 5.73. The number of aromatic amines is 1. The number of aromatic nitrogens is 1. The highest BCUT2D eigenvalue weighted by atomic mass is 35.5. The smallest absolute Gasteiger partial charge is 0.143 e. The lowest BCUT2D eigenvalue weighted by molar-refractivity contribution is 0.419. The standard InChI is InChI=1S/C13H17ClN2O/c1-4-8-10(7-15-2)16-13-11(17-3)6-5-9(14)12(8)13/h5-6,15-16H,4,7H2,1-3H3. The van der Waals surface area contributed by atoms with E-state index in [-0.39, 0.29) is 0 Å². The van der Waals surface area contributed by atoms with E-state index < -0.39 is 0 Å². The molecule has 2 N–H and O–H groups in total. The molecule has 92 valence electrons. The van der Waals surface area contributed by atoms with Crippen molar-refractivity contribution in [2.75, 3.05) is 14.2 Å². The van der Waals surface area contributed by atoms with E-state index in [9.17, 15) is 0 Å². The molecule has 0 amide bonds. The van der Waals surface area contributed by atoms with Crippen molar-refractivity contribution in [2.45, 2.75) is 19.9 Å². The molecule has 0 radical (unpaired) electrons. The van der Waals surface area contributed by atoms with E-state index in [0.717, 1.165) is 34.6 Å².